The first kappa shape index (κ1) is 16.9. The van der Waals surface area contributed by atoms with Gasteiger partial charge in [0.2, 0.25) is 0 Å². The van der Waals surface area contributed by atoms with Gasteiger partial charge in [-0.25, -0.2) is 0 Å². The van der Waals surface area contributed by atoms with E-state index in [4.69, 9.17) is 4.74 Å². The minimum Gasteiger partial charge on any atom is -0.507 e. The summed E-state index contributed by atoms with van der Waals surface area (Å²) in [5, 5.41) is 19.2. The van der Waals surface area contributed by atoms with Gasteiger partial charge < -0.3 is 14.4 Å². The number of ether oxygens (including phenoxy) is 1. The van der Waals surface area contributed by atoms with E-state index < -0.39 is 11.3 Å². The molecule has 1 atom stereocenters. The maximum absolute atomic E-state index is 12.8. The van der Waals surface area contributed by atoms with E-state index in [9.17, 15) is 20.0 Å². The lowest BCUT2D eigenvalue weighted by Crippen LogP contribution is -2.28. The molecule has 1 saturated heterocycles. The highest BCUT2D eigenvalue weighted by molar-refractivity contribution is 6.10. The third kappa shape index (κ3) is 3.47. The van der Waals surface area contributed by atoms with Crippen LogP contribution < -0.4 is 5.56 Å². The first-order valence-corrected chi connectivity index (χ1v) is 8.10. The number of carbonyl (C=O) groups excluding carboxylic acids is 1. The monoisotopic (exact) mass is 338 g/mol. The molecule has 0 unspecified atom stereocenters. The van der Waals surface area contributed by atoms with Gasteiger partial charge in [0.15, 0.2) is 5.78 Å². The zero-order valence-corrected chi connectivity index (χ0v) is 13.9. The summed E-state index contributed by atoms with van der Waals surface area (Å²) in [4.78, 5) is 25.1. The molecule has 0 amide bonds. The summed E-state index contributed by atoms with van der Waals surface area (Å²) >= 11 is 0. The topological polar surface area (TPSA) is 92.3 Å². The second-order valence-electron chi connectivity index (χ2n) is 6.20. The standard InChI is InChI=1S/C19H18N2O4/c1-12-4-5-17(22)16(7-12)18(23)14-8-13(9-20)19(24)21(10-14)11-15-3-2-6-25-15/h4-5,7-8,10,15,22H,2-3,6,11H2,1H3/t15-/m0/s1. The summed E-state index contributed by atoms with van der Waals surface area (Å²) in [7, 11) is 0. The van der Waals surface area contributed by atoms with Crippen LogP contribution in [-0.4, -0.2) is 28.2 Å². The number of aromatic hydroxyl groups is 1. The largest absolute Gasteiger partial charge is 0.507 e. The van der Waals surface area contributed by atoms with Crippen molar-refractivity contribution < 1.29 is 14.6 Å². The summed E-state index contributed by atoms with van der Waals surface area (Å²) in [6.45, 7) is 2.77. The molecule has 0 saturated carbocycles. The van der Waals surface area contributed by atoms with Gasteiger partial charge >= 0.3 is 0 Å². The molecule has 2 heterocycles. The molecular weight excluding hydrogens is 320 g/mol. The number of pyridine rings is 1. The Bertz CT molecular complexity index is 918. The highest BCUT2D eigenvalue weighted by Gasteiger charge is 2.20. The number of aromatic nitrogens is 1. The molecule has 1 aliphatic heterocycles. The zero-order valence-electron chi connectivity index (χ0n) is 13.9. The van der Waals surface area contributed by atoms with E-state index in [-0.39, 0.29) is 28.5 Å². The van der Waals surface area contributed by atoms with Gasteiger partial charge in [-0.15, -0.1) is 0 Å². The minimum atomic E-state index is -0.442. The van der Waals surface area contributed by atoms with Gasteiger partial charge in [0.25, 0.3) is 5.56 Å². The van der Waals surface area contributed by atoms with E-state index in [1.165, 1.54) is 22.9 Å². The van der Waals surface area contributed by atoms with E-state index in [0.29, 0.717) is 13.2 Å². The Hall–Kier alpha value is -2.91. The average Bonchev–Trinajstić information content (AvgIpc) is 3.11. The summed E-state index contributed by atoms with van der Waals surface area (Å²) < 4.78 is 6.89. The molecule has 0 bridgehead atoms. The Kier molecular flexibility index (Phi) is 4.68. The minimum absolute atomic E-state index is 0.0954. The van der Waals surface area contributed by atoms with Crippen LogP contribution in [0.15, 0.2) is 35.3 Å². The molecule has 3 rings (SSSR count). The number of nitriles is 1. The van der Waals surface area contributed by atoms with Crippen LogP contribution >= 0.6 is 0 Å². The van der Waals surface area contributed by atoms with Gasteiger partial charge in [0.05, 0.1) is 18.2 Å². The molecule has 6 heteroatoms. The molecule has 6 nitrogen and oxygen atoms in total. The molecule has 1 aromatic carbocycles. The van der Waals surface area contributed by atoms with Crippen molar-refractivity contribution in [3.63, 3.8) is 0 Å². The van der Waals surface area contributed by atoms with Gasteiger partial charge in [0, 0.05) is 18.4 Å². The number of benzene rings is 1. The van der Waals surface area contributed by atoms with E-state index in [1.54, 1.807) is 12.1 Å². The maximum Gasteiger partial charge on any atom is 0.268 e. The first-order valence-electron chi connectivity index (χ1n) is 8.10. The van der Waals surface area contributed by atoms with Crippen LogP contribution in [-0.2, 0) is 11.3 Å². The fraction of sp³-hybridized carbons (Fsp3) is 0.316. The molecule has 1 N–H and O–H groups in total. The molecule has 0 radical (unpaired) electrons. The highest BCUT2D eigenvalue weighted by Crippen LogP contribution is 2.22. The van der Waals surface area contributed by atoms with Crippen molar-refractivity contribution in [2.24, 2.45) is 0 Å². The zero-order chi connectivity index (χ0) is 18.0. The first-order chi connectivity index (χ1) is 12.0. The number of phenolic OH excluding ortho intramolecular Hbond substituents is 1. The summed E-state index contributed by atoms with van der Waals surface area (Å²) in [5.74, 6) is -0.565. The van der Waals surface area contributed by atoms with Crippen LogP contribution in [0, 0.1) is 18.3 Å². The van der Waals surface area contributed by atoms with Crippen molar-refractivity contribution in [3.05, 3.63) is 63.1 Å². The third-order valence-electron chi connectivity index (χ3n) is 4.29. The maximum atomic E-state index is 12.8. The molecule has 1 fully saturated rings. The van der Waals surface area contributed by atoms with Crippen molar-refractivity contribution in [3.8, 4) is 11.8 Å². The Balaban J connectivity index is 2.03. The van der Waals surface area contributed by atoms with E-state index in [2.05, 4.69) is 0 Å². The van der Waals surface area contributed by atoms with Gasteiger partial charge in [0.1, 0.15) is 17.4 Å². The second kappa shape index (κ2) is 6.91. The van der Waals surface area contributed by atoms with E-state index >= 15 is 0 Å². The van der Waals surface area contributed by atoms with Crippen molar-refractivity contribution in [1.82, 2.24) is 4.57 Å². The molecular formula is C19H18N2O4. The van der Waals surface area contributed by atoms with Crippen molar-refractivity contribution in [2.75, 3.05) is 6.61 Å². The smallest absolute Gasteiger partial charge is 0.268 e. The fourth-order valence-corrected chi connectivity index (χ4v) is 2.97. The lowest BCUT2D eigenvalue weighted by Gasteiger charge is -2.14. The van der Waals surface area contributed by atoms with Gasteiger partial charge in [-0.2, -0.15) is 5.26 Å². The summed E-state index contributed by atoms with van der Waals surface area (Å²) in [6.07, 6.45) is 3.11. The number of aryl methyl sites for hydroxylation is 1. The molecule has 1 aromatic heterocycles. The molecule has 1 aliphatic rings. The number of rotatable bonds is 4. The normalized spacial score (nSPS) is 16.6. The number of hydrogen-bond donors (Lipinski definition) is 1. The lowest BCUT2D eigenvalue weighted by molar-refractivity contribution is 0.0955. The predicted octanol–water partition coefficient (Wildman–Crippen LogP) is 2.14. The second-order valence-corrected chi connectivity index (χ2v) is 6.20. The molecule has 0 aliphatic carbocycles. The SMILES string of the molecule is Cc1ccc(O)c(C(=O)c2cc(C#N)c(=O)n(C[C@@H]3CCCO3)c2)c1. The van der Waals surface area contributed by atoms with Crippen LogP contribution in [0.3, 0.4) is 0 Å². The van der Waals surface area contributed by atoms with Crippen molar-refractivity contribution in [1.29, 1.82) is 5.26 Å². The van der Waals surface area contributed by atoms with Crippen molar-refractivity contribution in [2.45, 2.75) is 32.4 Å². The average molecular weight is 338 g/mol. The molecule has 25 heavy (non-hydrogen) atoms. The van der Waals surface area contributed by atoms with Gasteiger partial charge in [-0.05, 0) is 38.0 Å². The Morgan fingerprint density at radius 2 is 2.24 bits per heavy atom. The summed E-state index contributed by atoms with van der Waals surface area (Å²) in [5.41, 5.74) is 0.620. The van der Waals surface area contributed by atoms with E-state index in [0.717, 1.165) is 18.4 Å². The van der Waals surface area contributed by atoms with Crippen LogP contribution in [0.1, 0.15) is 39.9 Å². The Labute approximate surface area is 144 Å². The highest BCUT2D eigenvalue weighted by atomic mass is 16.5. The lowest BCUT2D eigenvalue weighted by atomic mass is 10.0. The predicted molar refractivity (Wildman–Crippen MR) is 90.7 cm³/mol. The van der Waals surface area contributed by atoms with Crippen LogP contribution in [0.4, 0.5) is 0 Å². The number of carbonyl (C=O) groups is 1. The van der Waals surface area contributed by atoms with Crippen LogP contribution in [0.25, 0.3) is 0 Å². The van der Waals surface area contributed by atoms with Gasteiger partial charge in [-0.3, -0.25) is 9.59 Å². The Morgan fingerprint density at radius 1 is 1.44 bits per heavy atom. The van der Waals surface area contributed by atoms with E-state index in [1.807, 2.05) is 13.0 Å². The number of phenols is 1. The van der Waals surface area contributed by atoms with Crippen molar-refractivity contribution >= 4 is 5.78 Å². The quantitative estimate of drug-likeness (QED) is 0.862. The fourth-order valence-electron chi connectivity index (χ4n) is 2.97. The molecule has 2 aromatic rings. The summed E-state index contributed by atoms with van der Waals surface area (Å²) in [6, 6.07) is 7.86. The molecule has 128 valence electrons. The van der Waals surface area contributed by atoms with Crippen LogP contribution in [0.2, 0.25) is 0 Å². The number of ketones is 1. The Morgan fingerprint density at radius 3 is 2.92 bits per heavy atom. The van der Waals surface area contributed by atoms with Crippen LogP contribution in [0.5, 0.6) is 5.75 Å². The number of hydrogen-bond acceptors (Lipinski definition) is 5. The number of nitrogens with zero attached hydrogens (tertiary/aromatic N) is 2. The third-order valence-corrected chi connectivity index (χ3v) is 4.29. The van der Waals surface area contributed by atoms with Gasteiger partial charge in [-0.1, -0.05) is 11.6 Å². The molecule has 0 spiro atoms.